The van der Waals surface area contributed by atoms with Crippen molar-refractivity contribution in [3.8, 4) is 0 Å². The summed E-state index contributed by atoms with van der Waals surface area (Å²) in [7, 11) is 0. The van der Waals surface area contributed by atoms with E-state index in [4.69, 9.17) is 4.74 Å². The second-order valence-corrected chi connectivity index (χ2v) is 11.0. The number of alkyl halides is 2. The number of Topliss-reactive ketones (excluding diaryl/α,β-unsaturated/α-hetero) is 2. The van der Waals surface area contributed by atoms with E-state index in [1.165, 1.54) is 11.0 Å². The summed E-state index contributed by atoms with van der Waals surface area (Å²) in [6, 6.07) is 12.9. The lowest BCUT2D eigenvalue weighted by Crippen LogP contribution is -2.50. The van der Waals surface area contributed by atoms with Gasteiger partial charge in [0.15, 0.2) is 11.6 Å². The number of amides is 1. The summed E-state index contributed by atoms with van der Waals surface area (Å²) in [5.74, 6) is -4.49. The number of hydrogen-bond donors (Lipinski definition) is 0. The zero-order valence-corrected chi connectivity index (χ0v) is 22.9. The number of ether oxygens (including phenoxy) is 1. The minimum Gasteiger partial charge on any atom is -0.444 e. The lowest BCUT2D eigenvalue weighted by atomic mass is 9.88. The molecule has 8 heteroatoms. The van der Waals surface area contributed by atoms with Crippen molar-refractivity contribution in [2.75, 3.05) is 13.1 Å². The molecular formula is C30H38F2N2O4. The number of carbonyl (C=O) groups excluding carboxylic acids is 3. The van der Waals surface area contributed by atoms with Crippen molar-refractivity contribution in [1.29, 1.82) is 0 Å². The molecular weight excluding hydrogens is 490 g/mol. The average Bonchev–Trinajstić information content (AvgIpc) is 2.87. The standard InChI is InChI=1S/C30H38F2N2O4/c1-6-26(35)25-18-22(17-24(33-25)20(2)21-11-8-7-9-12-21)27(36)14-10-13-23-19-34(16-15-30(23,31)32)28(37)38-29(3,4)5/h7-9,11-12,17-18,20,23H,6,10,13-16,19H2,1-5H3/t20-,23+/m0/s1. The van der Waals surface area contributed by atoms with Crippen LogP contribution in [0.3, 0.4) is 0 Å². The molecule has 2 aromatic rings. The summed E-state index contributed by atoms with van der Waals surface area (Å²) in [4.78, 5) is 43.9. The van der Waals surface area contributed by atoms with Crippen LogP contribution < -0.4 is 0 Å². The lowest BCUT2D eigenvalue weighted by molar-refractivity contribution is -0.107. The largest absolute Gasteiger partial charge is 0.444 e. The fourth-order valence-electron chi connectivity index (χ4n) is 4.60. The van der Waals surface area contributed by atoms with Crippen molar-refractivity contribution < 1.29 is 27.9 Å². The van der Waals surface area contributed by atoms with Gasteiger partial charge in [0.2, 0.25) is 0 Å². The molecule has 6 nitrogen and oxygen atoms in total. The minimum atomic E-state index is -2.92. The highest BCUT2D eigenvalue weighted by molar-refractivity contribution is 6.00. The van der Waals surface area contributed by atoms with Crippen molar-refractivity contribution in [3.05, 3.63) is 65.0 Å². The number of halogens is 2. The van der Waals surface area contributed by atoms with Crippen LogP contribution in [0.2, 0.25) is 0 Å². The van der Waals surface area contributed by atoms with E-state index < -0.39 is 30.0 Å². The molecule has 2 atom stereocenters. The number of ketones is 2. The highest BCUT2D eigenvalue weighted by atomic mass is 19.3. The number of carbonyl (C=O) groups is 3. The van der Waals surface area contributed by atoms with Gasteiger partial charge in [0, 0.05) is 55.4 Å². The molecule has 1 amide bonds. The normalized spacial score (nSPS) is 18.1. The predicted molar refractivity (Wildman–Crippen MR) is 142 cm³/mol. The zero-order valence-electron chi connectivity index (χ0n) is 22.9. The molecule has 0 aliphatic carbocycles. The molecule has 1 aliphatic heterocycles. The van der Waals surface area contributed by atoms with Gasteiger partial charge >= 0.3 is 6.09 Å². The van der Waals surface area contributed by atoms with Crippen molar-refractivity contribution >= 4 is 17.7 Å². The van der Waals surface area contributed by atoms with Crippen LogP contribution in [0.25, 0.3) is 0 Å². The first-order chi connectivity index (χ1) is 17.8. The summed E-state index contributed by atoms with van der Waals surface area (Å²) < 4.78 is 34.7. The van der Waals surface area contributed by atoms with Crippen LogP contribution in [0.4, 0.5) is 13.6 Å². The molecule has 38 heavy (non-hydrogen) atoms. The van der Waals surface area contributed by atoms with Crippen molar-refractivity contribution in [2.45, 2.75) is 84.2 Å². The van der Waals surface area contributed by atoms with E-state index in [2.05, 4.69) is 4.98 Å². The minimum absolute atomic E-state index is 0.0575. The highest BCUT2D eigenvalue weighted by Gasteiger charge is 2.45. The molecule has 1 saturated heterocycles. The van der Waals surface area contributed by atoms with Gasteiger partial charge in [-0.05, 0) is 51.3 Å². The average molecular weight is 529 g/mol. The zero-order chi connectivity index (χ0) is 28.1. The smallest absolute Gasteiger partial charge is 0.410 e. The third kappa shape index (κ3) is 7.68. The molecule has 0 spiro atoms. The Kier molecular flexibility index (Phi) is 9.39. The fraction of sp³-hybridized carbons (Fsp3) is 0.533. The van der Waals surface area contributed by atoms with Crippen LogP contribution in [-0.2, 0) is 4.74 Å². The van der Waals surface area contributed by atoms with Crippen molar-refractivity contribution in [1.82, 2.24) is 9.88 Å². The van der Waals surface area contributed by atoms with E-state index in [9.17, 15) is 23.2 Å². The second kappa shape index (κ2) is 12.1. The molecule has 1 aromatic heterocycles. The number of aromatic nitrogens is 1. The Hall–Kier alpha value is -3.16. The van der Waals surface area contributed by atoms with E-state index in [1.54, 1.807) is 33.8 Å². The first kappa shape index (κ1) is 29.4. The van der Waals surface area contributed by atoms with E-state index in [0.717, 1.165) is 5.56 Å². The summed E-state index contributed by atoms with van der Waals surface area (Å²) >= 11 is 0. The predicted octanol–water partition coefficient (Wildman–Crippen LogP) is 7.07. The van der Waals surface area contributed by atoms with Gasteiger partial charge in [0.25, 0.3) is 5.92 Å². The topological polar surface area (TPSA) is 76.6 Å². The van der Waals surface area contributed by atoms with Crippen LogP contribution in [0, 0.1) is 5.92 Å². The fourth-order valence-corrected chi connectivity index (χ4v) is 4.60. The monoisotopic (exact) mass is 528 g/mol. The number of likely N-dealkylation sites (tertiary alicyclic amines) is 1. The van der Waals surface area contributed by atoms with Gasteiger partial charge in [-0.15, -0.1) is 0 Å². The summed E-state index contributed by atoms with van der Waals surface area (Å²) in [5, 5.41) is 0. The summed E-state index contributed by atoms with van der Waals surface area (Å²) in [6.07, 6.45) is -0.379. The van der Waals surface area contributed by atoms with Crippen LogP contribution in [0.1, 0.15) is 105 Å². The Labute approximate surface area is 223 Å². The van der Waals surface area contributed by atoms with Crippen LogP contribution >= 0.6 is 0 Å². The first-order valence-corrected chi connectivity index (χ1v) is 13.3. The van der Waals surface area contributed by atoms with Gasteiger partial charge in [-0.1, -0.05) is 44.2 Å². The number of piperidine rings is 1. The first-order valence-electron chi connectivity index (χ1n) is 13.3. The molecule has 2 heterocycles. The SMILES string of the molecule is CCC(=O)c1cc(C(=O)CCC[C@@H]2CN(C(=O)OC(C)(C)C)CCC2(F)F)cc([C@@H](C)c2ccccc2)n1. The second-order valence-electron chi connectivity index (χ2n) is 11.0. The van der Waals surface area contributed by atoms with Crippen molar-refractivity contribution in [3.63, 3.8) is 0 Å². The molecule has 206 valence electrons. The van der Waals surface area contributed by atoms with Gasteiger partial charge in [0.05, 0.1) is 0 Å². The Morgan fingerprint density at radius 1 is 1.13 bits per heavy atom. The lowest BCUT2D eigenvalue weighted by Gasteiger charge is -2.38. The van der Waals surface area contributed by atoms with Crippen LogP contribution in [0.15, 0.2) is 42.5 Å². The molecule has 0 unspecified atom stereocenters. The Bertz CT molecular complexity index is 1140. The van der Waals surface area contributed by atoms with Gasteiger partial charge in [-0.3, -0.25) is 9.59 Å². The van der Waals surface area contributed by atoms with Crippen LogP contribution in [0.5, 0.6) is 0 Å². The summed E-state index contributed by atoms with van der Waals surface area (Å²) in [6.45, 7) is 8.73. The third-order valence-electron chi connectivity index (χ3n) is 6.88. The van der Waals surface area contributed by atoms with Crippen molar-refractivity contribution in [2.24, 2.45) is 5.92 Å². The maximum atomic E-state index is 14.7. The van der Waals surface area contributed by atoms with Gasteiger partial charge in [0.1, 0.15) is 11.3 Å². The Morgan fingerprint density at radius 2 is 1.82 bits per heavy atom. The number of nitrogens with zero attached hydrogens (tertiary/aromatic N) is 2. The van der Waals surface area contributed by atoms with E-state index in [0.29, 0.717) is 11.3 Å². The number of benzene rings is 1. The van der Waals surface area contributed by atoms with E-state index in [-0.39, 0.29) is 62.0 Å². The van der Waals surface area contributed by atoms with E-state index >= 15 is 0 Å². The number of rotatable bonds is 9. The van der Waals surface area contributed by atoms with E-state index in [1.807, 2.05) is 37.3 Å². The quantitative estimate of drug-likeness (QED) is 0.325. The maximum absolute atomic E-state index is 14.7. The van der Waals surface area contributed by atoms with Gasteiger partial charge in [-0.25, -0.2) is 18.6 Å². The third-order valence-corrected chi connectivity index (χ3v) is 6.88. The molecule has 0 bridgehead atoms. The Morgan fingerprint density at radius 3 is 2.45 bits per heavy atom. The molecule has 1 fully saturated rings. The van der Waals surface area contributed by atoms with Gasteiger partial charge in [-0.2, -0.15) is 0 Å². The molecule has 1 aliphatic rings. The summed E-state index contributed by atoms with van der Waals surface area (Å²) in [5.41, 5.74) is 1.51. The molecule has 1 aromatic carbocycles. The Balaban J connectivity index is 1.70. The molecule has 0 saturated carbocycles. The maximum Gasteiger partial charge on any atom is 0.410 e. The number of pyridine rings is 1. The molecule has 0 radical (unpaired) electrons. The molecule has 3 rings (SSSR count). The van der Waals surface area contributed by atoms with Gasteiger partial charge < -0.3 is 9.64 Å². The van der Waals surface area contributed by atoms with Crippen LogP contribution in [-0.4, -0.2) is 52.2 Å². The highest BCUT2D eigenvalue weighted by Crippen LogP contribution is 2.37. The molecule has 0 N–H and O–H groups in total. The number of hydrogen-bond acceptors (Lipinski definition) is 5.